The van der Waals surface area contributed by atoms with E-state index in [1.54, 1.807) is 11.0 Å². The lowest BCUT2D eigenvalue weighted by Crippen LogP contribution is -2.50. The number of carbonyl (C=O) groups excluding carboxylic acids is 1. The molecule has 1 aliphatic heterocycles. The molecule has 0 radical (unpaired) electrons. The van der Waals surface area contributed by atoms with Crippen LogP contribution < -0.4 is 5.73 Å². The minimum absolute atomic E-state index is 0.0871. The lowest BCUT2D eigenvalue weighted by molar-refractivity contribution is -0.0183. The Kier molecular flexibility index (Phi) is 4.82. The van der Waals surface area contributed by atoms with Gasteiger partial charge in [-0.1, -0.05) is 12.1 Å². The normalized spacial score (nSPS) is 17.9. The first-order valence-electron chi connectivity index (χ1n) is 7.97. The number of nitrogens with zero attached hydrogens (tertiary/aromatic N) is 3. The Balaban J connectivity index is 1.79. The average molecular weight is 330 g/mol. The number of aliphatic hydroxyl groups is 1. The number of nitrogen functional groups attached to an aromatic ring is 1. The third kappa shape index (κ3) is 3.42. The largest absolute Gasteiger partial charge is 0.394 e. The number of aromatic nitrogens is 2. The Morgan fingerprint density at radius 2 is 2.29 bits per heavy atom. The second kappa shape index (κ2) is 7.02. The van der Waals surface area contributed by atoms with E-state index in [1.165, 1.54) is 0 Å². The number of ether oxygens (including phenoxy) is 1. The topological polar surface area (TPSA) is 93.6 Å². The third-order valence-corrected chi connectivity index (χ3v) is 4.21. The van der Waals surface area contributed by atoms with Crippen molar-refractivity contribution in [2.75, 3.05) is 32.1 Å². The van der Waals surface area contributed by atoms with Gasteiger partial charge in [0.2, 0.25) is 0 Å². The molecule has 2 heterocycles. The molecule has 2 aromatic rings. The first-order chi connectivity index (χ1) is 11.6. The summed E-state index contributed by atoms with van der Waals surface area (Å²) < 4.78 is 7.14. The van der Waals surface area contributed by atoms with Gasteiger partial charge in [-0.05, 0) is 24.6 Å². The zero-order chi connectivity index (χ0) is 17.1. The molecule has 1 aromatic heterocycles. The molecule has 1 saturated heterocycles. The molecule has 0 aliphatic carbocycles. The Morgan fingerprint density at radius 3 is 3.00 bits per heavy atom. The van der Waals surface area contributed by atoms with Crippen LogP contribution in [0.3, 0.4) is 0 Å². The highest BCUT2D eigenvalue weighted by Gasteiger charge is 2.27. The molecule has 1 fully saturated rings. The van der Waals surface area contributed by atoms with Crippen molar-refractivity contribution >= 4 is 11.7 Å². The van der Waals surface area contributed by atoms with E-state index in [1.807, 2.05) is 35.9 Å². The maximum Gasteiger partial charge on any atom is 0.254 e. The summed E-state index contributed by atoms with van der Waals surface area (Å²) in [6.07, 6.45) is 0. The maximum atomic E-state index is 12.8. The zero-order valence-corrected chi connectivity index (χ0v) is 13.7. The molecule has 7 nitrogen and oxygen atoms in total. The van der Waals surface area contributed by atoms with Gasteiger partial charge in [0.15, 0.2) is 0 Å². The van der Waals surface area contributed by atoms with E-state index in [0.717, 1.165) is 11.3 Å². The van der Waals surface area contributed by atoms with Crippen LogP contribution in [0.1, 0.15) is 21.6 Å². The zero-order valence-electron chi connectivity index (χ0n) is 13.7. The van der Waals surface area contributed by atoms with E-state index in [4.69, 9.17) is 10.5 Å². The van der Waals surface area contributed by atoms with Crippen molar-refractivity contribution in [3.8, 4) is 0 Å². The molecule has 0 unspecified atom stereocenters. The summed E-state index contributed by atoms with van der Waals surface area (Å²) in [7, 11) is 0. The second-order valence-corrected chi connectivity index (χ2v) is 5.98. The quantitative estimate of drug-likeness (QED) is 0.859. The Bertz CT molecular complexity index is 728. The van der Waals surface area contributed by atoms with Crippen LogP contribution in [-0.2, 0) is 11.3 Å². The predicted octanol–water partition coefficient (Wildman–Crippen LogP) is 0.655. The fourth-order valence-corrected chi connectivity index (χ4v) is 2.91. The van der Waals surface area contributed by atoms with E-state index < -0.39 is 0 Å². The SMILES string of the molecule is Cc1cc(N)nn1Cc1cccc(C(=O)N2CCOC[C@H]2CO)c1. The summed E-state index contributed by atoms with van der Waals surface area (Å²) in [5.41, 5.74) is 8.26. The average Bonchev–Trinajstić information content (AvgIpc) is 2.91. The fourth-order valence-electron chi connectivity index (χ4n) is 2.91. The number of hydrogen-bond donors (Lipinski definition) is 2. The van der Waals surface area contributed by atoms with E-state index >= 15 is 0 Å². The predicted molar refractivity (Wildman–Crippen MR) is 89.6 cm³/mol. The Labute approximate surface area is 140 Å². The van der Waals surface area contributed by atoms with Crippen molar-refractivity contribution in [1.29, 1.82) is 0 Å². The third-order valence-electron chi connectivity index (χ3n) is 4.21. The summed E-state index contributed by atoms with van der Waals surface area (Å²) in [5, 5.41) is 13.7. The van der Waals surface area contributed by atoms with Gasteiger partial charge in [-0.2, -0.15) is 5.10 Å². The Morgan fingerprint density at radius 1 is 1.46 bits per heavy atom. The molecule has 24 heavy (non-hydrogen) atoms. The number of hydrogen-bond acceptors (Lipinski definition) is 5. The van der Waals surface area contributed by atoms with Crippen LogP contribution in [0, 0.1) is 6.92 Å². The van der Waals surface area contributed by atoms with Crippen LogP contribution in [0.15, 0.2) is 30.3 Å². The van der Waals surface area contributed by atoms with Gasteiger partial charge in [0.25, 0.3) is 5.91 Å². The first kappa shape index (κ1) is 16.5. The molecule has 0 bridgehead atoms. The summed E-state index contributed by atoms with van der Waals surface area (Å²) in [6, 6.07) is 9.00. The van der Waals surface area contributed by atoms with Crippen molar-refractivity contribution in [2.24, 2.45) is 0 Å². The number of anilines is 1. The van der Waals surface area contributed by atoms with Crippen molar-refractivity contribution in [3.63, 3.8) is 0 Å². The van der Waals surface area contributed by atoms with Gasteiger partial charge in [0, 0.05) is 23.9 Å². The molecular weight excluding hydrogens is 308 g/mol. The summed E-state index contributed by atoms with van der Waals surface area (Å²) >= 11 is 0. The smallest absolute Gasteiger partial charge is 0.254 e. The molecule has 0 saturated carbocycles. The number of aliphatic hydroxyl groups excluding tert-OH is 1. The van der Waals surface area contributed by atoms with Gasteiger partial charge in [0.05, 0.1) is 32.4 Å². The van der Waals surface area contributed by atoms with Gasteiger partial charge >= 0.3 is 0 Å². The molecule has 3 rings (SSSR count). The lowest BCUT2D eigenvalue weighted by Gasteiger charge is -2.34. The van der Waals surface area contributed by atoms with E-state index in [0.29, 0.717) is 37.7 Å². The van der Waals surface area contributed by atoms with Gasteiger partial charge < -0.3 is 20.5 Å². The molecule has 7 heteroatoms. The Hall–Kier alpha value is -2.38. The maximum absolute atomic E-state index is 12.8. The highest BCUT2D eigenvalue weighted by molar-refractivity contribution is 5.94. The minimum Gasteiger partial charge on any atom is -0.394 e. The molecule has 1 aromatic carbocycles. The van der Waals surface area contributed by atoms with Gasteiger partial charge in [-0.3, -0.25) is 9.48 Å². The van der Waals surface area contributed by atoms with E-state index in [9.17, 15) is 9.90 Å². The number of nitrogens with two attached hydrogens (primary N) is 1. The summed E-state index contributed by atoms with van der Waals surface area (Å²) in [5.74, 6) is 0.398. The number of benzene rings is 1. The molecular formula is C17H22N4O3. The molecule has 3 N–H and O–H groups in total. The van der Waals surface area contributed by atoms with Crippen LogP contribution >= 0.6 is 0 Å². The van der Waals surface area contributed by atoms with Gasteiger partial charge in [0.1, 0.15) is 5.82 Å². The van der Waals surface area contributed by atoms with Crippen molar-refractivity contribution in [3.05, 3.63) is 47.2 Å². The van der Waals surface area contributed by atoms with Crippen molar-refractivity contribution in [2.45, 2.75) is 19.5 Å². The first-order valence-corrected chi connectivity index (χ1v) is 7.97. The number of amides is 1. The van der Waals surface area contributed by atoms with E-state index in [2.05, 4.69) is 5.10 Å². The number of morpholine rings is 1. The van der Waals surface area contributed by atoms with Crippen molar-refractivity contribution in [1.82, 2.24) is 14.7 Å². The van der Waals surface area contributed by atoms with Gasteiger partial charge in [-0.15, -0.1) is 0 Å². The van der Waals surface area contributed by atoms with E-state index in [-0.39, 0.29) is 18.6 Å². The second-order valence-electron chi connectivity index (χ2n) is 5.98. The van der Waals surface area contributed by atoms with Crippen LogP contribution in [0.5, 0.6) is 0 Å². The van der Waals surface area contributed by atoms with Crippen LogP contribution in [-0.4, -0.2) is 58.1 Å². The molecule has 1 atom stereocenters. The lowest BCUT2D eigenvalue weighted by atomic mass is 10.1. The van der Waals surface area contributed by atoms with Crippen LogP contribution in [0.25, 0.3) is 0 Å². The molecule has 1 amide bonds. The molecule has 1 aliphatic rings. The summed E-state index contributed by atoms with van der Waals surface area (Å²) in [6.45, 7) is 3.75. The molecule has 0 spiro atoms. The number of aryl methyl sites for hydroxylation is 1. The van der Waals surface area contributed by atoms with Gasteiger partial charge in [-0.25, -0.2) is 0 Å². The standard InChI is InChI=1S/C17H22N4O3/c1-12-7-16(18)19-21(12)9-13-3-2-4-14(8-13)17(23)20-5-6-24-11-15(20)10-22/h2-4,7-8,15,22H,5-6,9-11H2,1H3,(H2,18,19)/t15-/m1/s1. The number of rotatable bonds is 4. The highest BCUT2D eigenvalue weighted by Crippen LogP contribution is 2.15. The number of carbonyl (C=O) groups is 1. The minimum atomic E-state index is -0.289. The monoisotopic (exact) mass is 330 g/mol. The fraction of sp³-hybridized carbons (Fsp3) is 0.412. The van der Waals surface area contributed by atoms with Crippen molar-refractivity contribution < 1.29 is 14.6 Å². The molecule has 128 valence electrons. The van der Waals surface area contributed by atoms with Crippen LogP contribution in [0.2, 0.25) is 0 Å². The summed E-state index contributed by atoms with van der Waals surface area (Å²) in [4.78, 5) is 14.4. The highest BCUT2D eigenvalue weighted by atomic mass is 16.5. The van der Waals surface area contributed by atoms with Crippen LogP contribution in [0.4, 0.5) is 5.82 Å².